The summed E-state index contributed by atoms with van der Waals surface area (Å²) in [6.45, 7) is 1.64. The number of hydrogen-bond donors (Lipinski definition) is 3. The average molecular weight is 242 g/mol. The van der Waals surface area contributed by atoms with Crippen LogP contribution < -0.4 is 5.32 Å². The lowest BCUT2D eigenvalue weighted by Crippen LogP contribution is -2.28. The van der Waals surface area contributed by atoms with Gasteiger partial charge < -0.3 is 15.5 Å². The number of aromatic hydroxyl groups is 2. The topological polar surface area (TPSA) is 65.4 Å². The summed E-state index contributed by atoms with van der Waals surface area (Å²) in [6, 6.07) is 7.01. The number of benzene rings is 1. The van der Waals surface area contributed by atoms with Crippen molar-refractivity contribution in [1.29, 1.82) is 0 Å². The Balaban J connectivity index is 2.05. The van der Waals surface area contributed by atoms with Gasteiger partial charge in [-0.1, -0.05) is 6.07 Å². The minimum absolute atomic E-state index is 0.0753. The molecule has 0 bridgehead atoms. The highest BCUT2D eigenvalue weighted by Gasteiger charge is 2.22. The summed E-state index contributed by atoms with van der Waals surface area (Å²) in [6.07, 6.45) is 3.66. The zero-order chi connectivity index (χ0) is 12.5. The number of aromatic nitrogens is 1. The molecular formula is C14H14N2O2. The molecule has 1 aromatic carbocycles. The van der Waals surface area contributed by atoms with Crippen LogP contribution in [-0.4, -0.2) is 21.7 Å². The normalized spacial score (nSPS) is 18.3. The standard InChI is InChI=1S/C14H14N2O2/c17-13-2-1-9(5-14(13)18)12-8-16-7-10-6-15-4-3-11(10)12/h1-6,12,16-18H,7-8H2. The molecule has 0 radical (unpaired) electrons. The van der Waals surface area contributed by atoms with E-state index < -0.39 is 0 Å². The molecule has 0 spiro atoms. The van der Waals surface area contributed by atoms with Crippen LogP contribution in [0.2, 0.25) is 0 Å². The van der Waals surface area contributed by atoms with Gasteiger partial charge in [-0.2, -0.15) is 0 Å². The SMILES string of the molecule is Oc1ccc(C2CNCc3cnccc32)cc1O. The molecule has 1 aromatic heterocycles. The maximum absolute atomic E-state index is 9.60. The van der Waals surface area contributed by atoms with Gasteiger partial charge in [0.15, 0.2) is 11.5 Å². The summed E-state index contributed by atoms with van der Waals surface area (Å²) in [5, 5.41) is 22.3. The number of phenolic OH excluding ortho intramolecular Hbond substituents is 2. The Morgan fingerprint density at radius 3 is 2.89 bits per heavy atom. The van der Waals surface area contributed by atoms with Crippen molar-refractivity contribution in [3.63, 3.8) is 0 Å². The predicted octanol–water partition coefficient (Wildman–Crippen LogP) is 1.73. The molecule has 0 saturated heterocycles. The van der Waals surface area contributed by atoms with Gasteiger partial charge in [-0.15, -0.1) is 0 Å². The predicted molar refractivity (Wildman–Crippen MR) is 67.6 cm³/mol. The van der Waals surface area contributed by atoms with Gasteiger partial charge in [-0.3, -0.25) is 4.98 Å². The third-order valence-electron chi connectivity index (χ3n) is 3.38. The highest BCUT2D eigenvalue weighted by atomic mass is 16.3. The van der Waals surface area contributed by atoms with Crippen LogP contribution >= 0.6 is 0 Å². The highest BCUT2D eigenvalue weighted by Crippen LogP contribution is 2.34. The fourth-order valence-corrected chi connectivity index (χ4v) is 2.44. The summed E-state index contributed by atoms with van der Waals surface area (Å²) in [5.74, 6) is 0.0226. The van der Waals surface area contributed by atoms with Gasteiger partial charge in [0.05, 0.1) is 0 Å². The summed E-state index contributed by atoms with van der Waals surface area (Å²) in [4.78, 5) is 4.13. The number of pyridine rings is 1. The number of phenols is 2. The number of hydrogen-bond acceptors (Lipinski definition) is 4. The molecule has 4 heteroatoms. The third-order valence-corrected chi connectivity index (χ3v) is 3.38. The fraction of sp³-hybridized carbons (Fsp3) is 0.214. The van der Waals surface area contributed by atoms with Crippen LogP contribution in [0.1, 0.15) is 22.6 Å². The lowest BCUT2D eigenvalue weighted by Gasteiger charge is -2.26. The Hall–Kier alpha value is -2.07. The fourth-order valence-electron chi connectivity index (χ4n) is 2.44. The summed E-state index contributed by atoms with van der Waals surface area (Å²) < 4.78 is 0. The van der Waals surface area contributed by atoms with Crippen molar-refractivity contribution in [3.05, 3.63) is 53.3 Å². The maximum atomic E-state index is 9.60. The van der Waals surface area contributed by atoms with E-state index in [4.69, 9.17) is 0 Å². The first kappa shape index (κ1) is 11.0. The molecule has 3 N–H and O–H groups in total. The Morgan fingerprint density at radius 1 is 1.17 bits per heavy atom. The lowest BCUT2D eigenvalue weighted by molar-refractivity contribution is 0.402. The van der Waals surface area contributed by atoms with Gasteiger partial charge in [0, 0.05) is 31.4 Å². The van der Waals surface area contributed by atoms with E-state index in [2.05, 4.69) is 10.3 Å². The molecule has 0 saturated carbocycles. The van der Waals surface area contributed by atoms with Crippen LogP contribution in [0.4, 0.5) is 0 Å². The van der Waals surface area contributed by atoms with Crippen LogP contribution in [0.5, 0.6) is 11.5 Å². The smallest absolute Gasteiger partial charge is 0.157 e. The first-order valence-electron chi connectivity index (χ1n) is 5.91. The van der Waals surface area contributed by atoms with Crippen LogP contribution in [0.25, 0.3) is 0 Å². The van der Waals surface area contributed by atoms with Crippen LogP contribution in [0, 0.1) is 0 Å². The van der Waals surface area contributed by atoms with E-state index >= 15 is 0 Å². The molecule has 1 aliphatic heterocycles. The number of fused-ring (bicyclic) bond motifs is 1. The lowest BCUT2D eigenvalue weighted by atomic mass is 9.86. The Kier molecular flexibility index (Phi) is 2.64. The minimum atomic E-state index is -0.0857. The first-order valence-corrected chi connectivity index (χ1v) is 5.91. The molecule has 1 unspecified atom stereocenters. The first-order chi connectivity index (χ1) is 8.75. The van der Waals surface area contributed by atoms with Crippen LogP contribution in [-0.2, 0) is 6.54 Å². The largest absolute Gasteiger partial charge is 0.504 e. The van der Waals surface area contributed by atoms with Crippen LogP contribution in [0.15, 0.2) is 36.7 Å². The number of nitrogens with one attached hydrogen (secondary N) is 1. The Bertz CT molecular complexity index is 584. The molecular weight excluding hydrogens is 228 g/mol. The van der Waals surface area contributed by atoms with E-state index in [1.54, 1.807) is 12.3 Å². The summed E-state index contributed by atoms with van der Waals surface area (Å²) in [7, 11) is 0. The zero-order valence-corrected chi connectivity index (χ0v) is 9.80. The Morgan fingerprint density at radius 2 is 2.06 bits per heavy atom. The van der Waals surface area contributed by atoms with Gasteiger partial charge in [0.2, 0.25) is 0 Å². The van der Waals surface area contributed by atoms with Crippen molar-refractivity contribution in [3.8, 4) is 11.5 Å². The number of rotatable bonds is 1. The summed E-state index contributed by atoms with van der Waals surface area (Å²) in [5.41, 5.74) is 3.40. The van der Waals surface area contributed by atoms with Gasteiger partial charge in [0.1, 0.15) is 0 Å². The molecule has 18 heavy (non-hydrogen) atoms. The minimum Gasteiger partial charge on any atom is -0.504 e. The highest BCUT2D eigenvalue weighted by molar-refractivity contribution is 5.46. The molecule has 2 heterocycles. The Labute approximate surface area is 105 Å². The second-order valence-corrected chi connectivity index (χ2v) is 4.51. The zero-order valence-electron chi connectivity index (χ0n) is 9.80. The van der Waals surface area contributed by atoms with Crippen LogP contribution in [0.3, 0.4) is 0 Å². The van der Waals surface area contributed by atoms with Gasteiger partial charge in [0.25, 0.3) is 0 Å². The molecule has 1 atom stereocenters. The monoisotopic (exact) mass is 242 g/mol. The summed E-state index contributed by atoms with van der Waals surface area (Å²) >= 11 is 0. The molecule has 0 fully saturated rings. The average Bonchev–Trinajstić information content (AvgIpc) is 2.41. The van der Waals surface area contributed by atoms with E-state index in [1.807, 2.05) is 18.3 Å². The van der Waals surface area contributed by atoms with Crippen molar-refractivity contribution in [2.24, 2.45) is 0 Å². The molecule has 4 nitrogen and oxygen atoms in total. The molecule has 1 aliphatic rings. The van der Waals surface area contributed by atoms with E-state index in [1.165, 1.54) is 17.2 Å². The second kappa shape index (κ2) is 4.31. The van der Waals surface area contributed by atoms with Crippen molar-refractivity contribution in [1.82, 2.24) is 10.3 Å². The van der Waals surface area contributed by atoms with E-state index in [0.29, 0.717) is 0 Å². The van der Waals surface area contributed by atoms with E-state index in [0.717, 1.165) is 18.7 Å². The van der Waals surface area contributed by atoms with E-state index in [9.17, 15) is 10.2 Å². The maximum Gasteiger partial charge on any atom is 0.157 e. The van der Waals surface area contributed by atoms with Crippen molar-refractivity contribution >= 4 is 0 Å². The number of nitrogens with zero attached hydrogens (tertiary/aromatic N) is 1. The van der Waals surface area contributed by atoms with Gasteiger partial charge >= 0.3 is 0 Å². The molecule has 92 valence electrons. The molecule has 0 amide bonds. The van der Waals surface area contributed by atoms with Crippen molar-refractivity contribution in [2.45, 2.75) is 12.5 Å². The molecule has 0 aliphatic carbocycles. The second-order valence-electron chi connectivity index (χ2n) is 4.51. The van der Waals surface area contributed by atoms with Gasteiger partial charge in [-0.25, -0.2) is 0 Å². The van der Waals surface area contributed by atoms with Crippen molar-refractivity contribution < 1.29 is 10.2 Å². The molecule has 2 aromatic rings. The quantitative estimate of drug-likeness (QED) is 0.666. The third kappa shape index (κ3) is 1.80. The van der Waals surface area contributed by atoms with Crippen molar-refractivity contribution in [2.75, 3.05) is 6.54 Å². The van der Waals surface area contributed by atoms with E-state index in [-0.39, 0.29) is 17.4 Å². The molecule has 3 rings (SSSR count). The van der Waals surface area contributed by atoms with Gasteiger partial charge in [-0.05, 0) is 34.9 Å².